The largest absolute Gasteiger partial charge is 0.481 e. The van der Waals surface area contributed by atoms with Gasteiger partial charge in [0, 0.05) is 23.9 Å². The molecule has 0 radical (unpaired) electrons. The minimum atomic E-state index is -0.806. The molecule has 1 aromatic rings. The van der Waals surface area contributed by atoms with E-state index in [2.05, 4.69) is 23.7 Å². The van der Waals surface area contributed by atoms with Crippen LogP contribution in [0.3, 0.4) is 0 Å². The number of aliphatic carboxylic acids is 1. The van der Waals surface area contributed by atoms with Gasteiger partial charge in [0.15, 0.2) is 0 Å². The highest BCUT2D eigenvalue weighted by atomic mass is 32.1. The zero-order valence-electron chi connectivity index (χ0n) is 10.9. The number of piperidine rings is 1. The summed E-state index contributed by atoms with van der Waals surface area (Å²) in [6, 6.07) is 0.575. The van der Waals surface area contributed by atoms with Crippen LogP contribution < -0.4 is 0 Å². The van der Waals surface area contributed by atoms with Crippen molar-refractivity contribution in [3.63, 3.8) is 0 Å². The summed E-state index contributed by atoms with van der Waals surface area (Å²) < 4.78 is 0. The first-order valence-electron chi connectivity index (χ1n) is 6.46. The highest BCUT2D eigenvalue weighted by Gasteiger charge is 2.25. The molecule has 1 saturated heterocycles. The Bertz CT molecular complexity index is 417. The third kappa shape index (κ3) is 3.29. The lowest BCUT2D eigenvalue weighted by Gasteiger charge is -2.34. The summed E-state index contributed by atoms with van der Waals surface area (Å²) in [6.45, 7) is 6.67. The second kappa shape index (κ2) is 5.80. The van der Waals surface area contributed by atoms with Gasteiger partial charge in [0.1, 0.15) is 0 Å². The maximum absolute atomic E-state index is 10.7. The van der Waals surface area contributed by atoms with E-state index in [0.717, 1.165) is 11.6 Å². The van der Waals surface area contributed by atoms with Gasteiger partial charge < -0.3 is 10.0 Å². The maximum atomic E-state index is 10.7. The monoisotopic (exact) mass is 268 g/mol. The van der Waals surface area contributed by atoms with E-state index in [4.69, 9.17) is 5.11 Å². The summed E-state index contributed by atoms with van der Waals surface area (Å²) in [5, 5.41) is 11.8. The van der Waals surface area contributed by atoms with Gasteiger partial charge in [-0.25, -0.2) is 4.98 Å². The summed E-state index contributed by atoms with van der Waals surface area (Å²) in [6.07, 6.45) is 2.41. The van der Waals surface area contributed by atoms with E-state index in [0.29, 0.717) is 17.7 Å². The Morgan fingerprint density at radius 1 is 1.67 bits per heavy atom. The number of nitrogens with zero attached hydrogens (tertiary/aromatic N) is 2. The molecule has 0 bridgehead atoms. The maximum Gasteiger partial charge on any atom is 0.309 e. The number of thiazole rings is 1. The third-order valence-corrected chi connectivity index (χ3v) is 4.49. The number of aromatic nitrogens is 1. The number of rotatable bonds is 4. The van der Waals surface area contributed by atoms with Gasteiger partial charge >= 0.3 is 5.97 Å². The fourth-order valence-corrected chi connectivity index (χ4v) is 3.37. The van der Waals surface area contributed by atoms with Gasteiger partial charge in [0.25, 0.3) is 0 Å². The minimum Gasteiger partial charge on any atom is -0.481 e. The summed E-state index contributed by atoms with van der Waals surface area (Å²) in [4.78, 5) is 17.6. The van der Waals surface area contributed by atoms with Gasteiger partial charge in [0.05, 0.1) is 17.1 Å². The van der Waals surface area contributed by atoms with Gasteiger partial charge in [-0.2, -0.15) is 0 Å². The Kier molecular flexibility index (Phi) is 4.35. The van der Waals surface area contributed by atoms with Gasteiger partial charge in [-0.15, -0.1) is 11.3 Å². The number of likely N-dealkylation sites (tertiary alicyclic amines) is 1. The second-order valence-electron chi connectivity index (χ2n) is 5.18. The fraction of sp³-hybridized carbons (Fsp3) is 0.692. The Hall–Kier alpha value is -0.940. The number of hydrogen-bond acceptors (Lipinski definition) is 4. The molecular weight excluding hydrogens is 248 g/mol. The zero-order valence-corrected chi connectivity index (χ0v) is 11.7. The molecular formula is C13H20N2O2S. The molecule has 1 aromatic heterocycles. The minimum absolute atomic E-state index is 0.0388. The van der Waals surface area contributed by atoms with Crippen LogP contribution in [0.4, 0.5) is 0 Å². The first-order valence-corrected chi connectivity index (χ1v) is 7.34. The summed E-state index contributed by atoms with van der Waals surface area (Å²) in [5.41, 5.74) is 0.698. The Balaban J connectivity index is 2.02. The molecule has 1 N–H and O–H groups in total. The van der Waals surface area contributed by atoms with Crippen LogP contribution in [0.1, 0.15) is 43.3 Å². The van der Waals surface area contributed by atoms with Crippen molar-refractivity contribution in [2.75, 3.05) is 13.1 Å². The molecule has 100 valence electrons. The SMILES string of the molecule is CC(C)N1CCCC(c2nc(CC(=O)O)cs2)C1. The van der Waals surface area contributed by atoms with Crippen LogP contribution in [-0.2, 0) is 11.2 Å². The van der Waals surface area contributed by atoms with Crippen LogP contribution in [0.5, 0.6) is 0 Å². The van der Waals surface area contributed by atoms with Gasteiger partial charge in [-0.3, -0.25) is 4.79 Å². The topological polar surface area (TPSA) is 53.4 Å². The molecule has 4 nitrogen and oxygen atoms in total. The standard InChI is InChI=1S/C13H20N2O2S/c1-9(2)15-5-3-4-10(7-15)13-14-11(8-18-13)6-12(16)17/h8-10H,3-7H2,1-2H3,(H,16,17). The highest BCUT2D eigenvalue weighted by molar-refractivity contribution is 7.09. The third-order valence-electron chi connectivity index (χ3n) is 3.43. The zero-order chi connectivity index (χ0) is 13.1. The van der Waals surface area contributed by atoms with Crippen molar-refractivity contribution in [1.29, 1.82) is 0 Å². The Morgan fingerprint density at radius 2 is 2.44 bits per heavy atom. The van der Waals surface area contributed by atoms with Crippen molar-refractivity contribution in [3.05, 3.63) is 16.1 Å². The van der Waals surface area contributed by atoms with Crippen molar-refractivity contribution in [2.24, 2.45) is 0 Å². The molecule has 1 fully saturated rings. The number of carbonyl (C=O) groups is 1. The van der Waals surface area contributed by atoms with Crippen molar-refractivity contribution >= 4 is 17.3 Å². The van der Waals surface area contributed by atoms with E-state index in [1.165, 1.54) is 19.4 Å². The lowest BCUT2D eigenvalue weighted by atomic mass is 9.98. The average molecular weight is 268 g/mol. The van der Waals surface area contributed by atoms with Crippen LogP contribution in [0.15, 0.2) is 5.38 Å². The molecule has 1 aliphatic heterocycles. The molecule has 0 aromatic carbocycles. The molecule has 5 heteroatoms. The molecule has 2 heterocycles. The van der Waals surface area contributed by atoms with Crippen molar-refractivity contribution < 1.29 is 9.90 Å². The molecule has 2 rings (SSSR count). The molecule has 0 amide bonds. The molecule has 0 saturated carbocycles. The Morgan fingerprint density at radius 3 is 3.11 bits per heavy atom. The quantitative estimate of drug-likeness (QED) is 0.910. The Labute approximate surface area is 112 Å². The number of carboxylic acid groups (broad SMARTS) is 1. The van der Waals surface area contributed by atoms with Gasteiger partial charge in [-0.1, -0.05) is 0 Å². The fourth-order valence-electron chi connectivity index (χ4n) is 2.42. The smallest absolute Gasteiger partial charge is 0.309 e. The van der Waals surface area contributed by atoms with E-state index in [-0.39, 0.29) is 6.42 Å². The number of carboxylic acids is 1. The molecule has 0 spiro atoms. The second-order valence-corrected chi connectivity index (χ2v) is 6.07. The first-order chi connectivity index (χ1) is 8.56. The van der Waals surface area contributed by atoms with E-state index < -0.39 is 5.97 Å². The molecule has 18 heavy (non-hydrogen) atoms. The van der Waals surface area contributed by atoms with E-state index in [1.807, 2.05) is 5.38 Å². The lowest BCUT2D eigenvalue weighted by Crippen LogP contribution is -2.39. The molecule has 0 aliphatic carbocycles. The molecule has 1 atom stereocenters. The van der Waals surface area contributed by atoms with E-state index >= 15 is 0 Å². The normalized spacial score (nSPS) is 21.4. The highest BCUT2D eigenvalue weighted by Crippen LogP contribution is 2.30. The summed E-state index contributed by atoms with van der Waals surface area (Å²) in [5.74, 6) is -0.326. The summed E-state index contributed by atoms with van der Waals surface area (Å²) >= 11 is 1.61. The van der Waals surface area contributed by atoms with Crippen molar-refractivity contribution in [1.82, 2.24) is 9.88 Å². The van der Waals surface area contributed by atoms with Crippen LogP contribution in [0.2, 0.25) is 0 Å². The first kappa shape index (κ1) is 13.5. The van der Waals surface area contributed by atoms with Gasteiger partial charge in [-0.05, 0) is 33.2 Å². The van der Waals surface area contributed by atoms with Crippen molar-refractivity contribution in [3.8, 4) is 0 Å². The molecule has 1 aliphatic rings. The van der Waals surface area contributed by atoms with E-state index in [9.17, 15) is 4.79 Å². The van der Waals surface area contributed by atoms with Crippen molar-refractivity contribution in [2.45, 2.75) is 45.1 Å². The molecule has 1 unspecified atom stereocenters. The van der Waals surface area contributed by atoms with Crippen LogP contribution in [0, 0.1) is 0 Å². The lowest BCUT2D eigenvalue weighted by molar-refractivity contribution is -0.136. The van der Waals surface area contributed by atoms with E-state index in [1.54, 1.807) is 11.3 Å². The summed E-state index contributed by atoms with van der Waals surface area (Å²) in [7, 11) is 0. The predicted molar refractivity (Wildman–Crippen MR) is 72.1 cm³/mol. The van der Waals surface area contributed by atoms with Crippen LogP contribution in [0.25, 0.3) is 0 Å². The van der Waals surface area contributed by atoms with Crippen LogP contribution >= 0.6 is 11.3 Å². The average Bonchev–Trinajstić information content (AvgIpc) is 2.77. The van der Waals surface area contributed by atoms with Crippen LogP contribution in [-0.4, -0.2) is 40.1 Å². The predicted octanol–water partition coefficient (Wildman–Crippen LogP) is 2.36. The van der Waals surface area contributed by atoms with Gasteiger partial charge in [0.2, 0.25) is 0 Å². The number of hydrogen-bond donors (Lipinski definition) is 1.